The number of pyridine rings is 1. The van der Waals surface area contributed by atoms with Crippen molar-refractivity contribution in [3.05, 3.63) is 88.9 Å². The first kappa shape index (κ1) is 28.4. The van der Waals surface area contributed by atoms with Crippen molar-refractivity contribution < 1.29 is 23.0 Å². The van der Waals surface area contributed by atoms with E-state index in [-0.39, 0.29) is 23.0 Å². The maximum atomic E-state index is 14.0. The van der Waals surface area contributed by atoms with Gasteiger partial charge in [0.2, 0.25) is 17.4 Å². The van der Waals surface area contributed by atoms with Gasteiger partial charge in [0.05, 0.1) is 29.3 Å². The van der Waals surface area contributed by atoms with Crippen LogP contribution in [0.4, 0.5) is 20.3 Å². The quantitative estimate of drug-likeness (QED) is 0.119. The molecule has 0 spiro atoms. The number of nitrogen functional groups attached to an aromatic ring is 1. The Bertz CT molecular complexity index is 1860. The molecule has 0 bridgehead atoms. The Balaban J connectivity index is 1.13. The van der Waals surface area contributed by atoms with Crippen molar-refractivity contribution >= 4 is 40.1 Å². The lowest BCUT2D eigenvalue weighted by atomic mass is 10.1. The number of ketones is 1. The van der Waals surface area contributed by atoms with E-state index in [1.807, 2.05) is 6.07 Å². The van der Waals surface area contributed by atoms with Gasteiger partial charge in [0.15, 0.2) is 11.6 Å². The van der Waals surface area contributed by atoms with E-state index in [1.54, 1.807) is 18.9 Å². The van der Waals surface area contributed by atoms with Crippen LogP contribution in [0.3, 0.4) is 0 Å². The molecule has 9 nitrogen and oxygen atoms in total. The van der Waals surface area contributed by atoms with Gasteiger partial charge in [0.1, 0.15) is 5.82 Å². The van der Waals surface area contributed by atoms with Crippen LogP contribution in [0.25, 0.3) is 16.6 Å². The van der Waals surface area contributed by atoms with Gasteiger partial charge in [0.25, 0.3) is 0 Å². The molecule has 1 aliphatic heterocycles. The number of carbonyl (C=O) groups excluding carboxylic acids is 1. The number of halogens is 2. The zero-order chi connectivity index (χ0) is 30.4. The lowest BCUT2D eigenvalue weighted by molar-refractivity contribution is 0.100. The number of anilines is 2. The van der Waals surface area contributed by atoms with Crippen molar-refractivity contribution in [2.75, 3.05) is 23.7 Å². The van der Waals surface area contributed by atoms with Gasteiger partial charge in [-0.05, 0) is 91.9 Å². The third kappa shape index (κ3) is 5.50. The molecule has 2 aliphatic rings. The highest BCUT2D eigenvalue weighted by molar-refractivity contribution is 8.01. The lowest BCUT2D eigenvalue weighted by Crippen LogP contribution is -2.18. The van der Waals surface area contributed by atoms with E-state index < -0.39 is 17.4 Å². The molecule has 0 unspecified atom stereocenters. The molecule has 0 atom stereocenters. The number of nitrogens with one attached hydrogen (secondary N) is 2. The van der Waals surface area contributed by atoms with Crippen LogP contribution in [0.2, 0.25) is 0 Å². The lowest BCUT2D eigenvalue weighted by Gasteiger charge is -2.22. The normalized spacial score (nSPS) is 15.5. The van der Waals surface area contributed by atoms with Crippen LogP contribution in [0.1, 0.15) is 58.8 Å². The Labute approximate surface area is 256 Å². The Morgan fingerprint density at radius 2 is 1.89 bits per heavy atom. The number of hydrogen-bond acceptors (Lipinski definition) is 8. The number of aromatic nitrogens is 4. The number of fused-ring (bicyclic) bond motifs is 1. The fourth-order valence-electron chi connectivity index (χ4n) is 5.44. The van der Waals surface area contributed by atoms with E-state index in [9.17, 15) is 13.6 Å². The minimum Gasteiger partial charge on any atom is -0.433 e. The second kappa shape index (κ2) is 11.6. The first-order valence-corrected chi connectivity index (χ1v) is 15.4. The minimum absolute atomic E-state index is 0.000867. The number of hydrogen-bond donors (Lipinski definition) is 3. The number of para-hydroxylation sites is 1. The van der Waals surface area contributed by atoms with Crippen LogP contribution in [0.15, 0.2) is 54.9 Å². The van der Waals surface area contributed by atoms with Crippen molar-refractivity contribution in [3.63, 3.8) is 0 Å². The van der Waals surface area contributed by atoms with Crippen LogP contribution >= 0.6 is 11.9 Å². The van der Waals surface area contributed by atoms with Crippen LogP contribution in [-0.2, 0) is 4.74 Å². The van der Waals surface area contributed by atoms with E-state index in [4.69, 9.17) is 15.2 Å². The molecule has 0 amide bonds. The Hall–Kier alpha value is -4.42. The molecule has 4 N–H and O–H groups in total. The van der Waals surface area contributed by atoms with Gasteiger partial charge in [-0.15, -0.1) is 0 Å². The molecule has 1 aliphatic carbocycles. The summed E-state index contributed by atoms with van der Waals surface area (Å²) in [6, 6.07) is 11.1. The maximum absolute atomic E-state index is 14.0. The summed E-state index contributed by atoms with van der Waals surface area (Å²) in [6.45, 7) is 3.34. The summed E-state index contributed by atoms with van der Waals surface area (Å²) in [5, 5.41) is 5.82. The van der Waals surface area contributed by atoms with Gasteiger partial charge in [0, 0.05) is 41.1 Å². The number of aromatic amines is 1. The van der Waals surface area contributed by atoms with Gasteiger partial charge in [-0.3, -0.25) is 4.79 Å². The Kier molecular flexibility index (Phi) is 7.47. The van der Waals surface area contributed by atoms with Crippen molar-refractivity contribution in [2.24, 2.45) is 0 Å². The number of ether oxygens (including phenoxy) is 2. The molecule has 1 saturated heterocycles. The molecule has 5 aromatic rings. The highest BCUT2D eigenvalue weighted by atomic mass is 32.2. The molecule has 1 saturated carbocycles. The van der Waals surface area contributed by atoms with E-state index in [0.29, 0.717) is 28.1 Å². The largest absolute Gasteiger partial charge is 0.433 e. The summed E-state index contributed by atoms with van der Waals surface area (Å²) in [5.41, 5.74) is 11.4. The number of carbonyl (C=O) groups is 1. The van der Waals surface area contributed by atoms with Crippen molar-refractivity contribution in [2.45, 2.75) is 43.8 Å². The summed E-state index contributed by atoms with van der Waals surface area (Å²) in [4.78, 5) is 21.1. The molecular weight excluding hydrogens is 586 g/mol. The van der Waals surface area contributed by atoms with Gasteiger partial charge >= 0.3 is 0 Å². The fourth-order valence-corrected chi connectivity index (χ4v) is 6.34. The summed E-state index contributed by atoms with van der Waals surface area (Å²) in [5.74, 6) is -1.83. The second-order valence-electron chi connectivity index (χ2n) is 11.2. The monoisotopic (exact) mass is 616 g/mol. The zero-order valence-corrected chi connectivity index (χ0v) is 24.7. The standard InChI is InChI=1S/C32H30F2N6O3S/c1-17-11-29(43-31-23(33)3-2-4-24(31)34)36-16-28(17)40-32(35)22(15-37-40)30(41)27-13-19-12-21(18-5-6-18)26(14-25(19)38-27)39-44-20-7-9-42-10-8-20/h2-4,11-16,18,20,38-39H,5-10,35H2,1H3. The van der Waals surface area contributed by atoms with E-state index in [2.05, 4.69) is 31.9 Å². The van der Waals surface area contributed by atoms with Crippen LogP contribution in [0, 0.1) is 18.6 Å². The van der Waals surface area contributed by atoms with Gasteiger partial charge in [-0.1, -0.05) is 6.07 Å². The third-order valence-corrected chi connectivity index (χ3v) is 9.16. The second-order valence-corrected chi connectivity index (χ2v) is 12.3. The number of rotatable bonds is 9. The summed E-state index contributed by atoms with van der Waals surface area (Å²) in [7, 11) is 0. The van der Waals surface area contributed by atoms with Crippen molar-refractivity contribution in [1.29, 1.82) is 0 Å². The average Bonchev–Trinajstić information content (AvgIpc) is 3.68. The molecule has 3 aromatic heterocycles. The minimum atomic E-state index is -0.838. The predicted molar refractivity (Wildman–Crippen MR) is 166 cm³/mol. The Morgan fingerprint density at radius 3 is 2.61 bits per heavy atom. The van der Waals surface area contributed by atoms with Crippen LogP contribution in [0.5, 0.6) is 11.6 Å². The molecule has 2 aromatic carbocycles. The van der Waals surface area contributed by atoms with Gasteiger partial charge < -0.3 is 24.9 Å². The Morgan fingerprint density at radius 1 is 1.11 bits per heavy atom. The predicted octanol–water partition coefficient (Wildman–Crippen LogP) is 7.06. The summed E-state index contributed by atoms with van der Waals surface area (Å²) < 4.78 is 43.9. The smallest absolute Gasteiger partial charge is 0.219 e. The van der Waals surface area contributed by atoms with Crippen molar-refractivity contribution in [1.82, 2.24) is 19.7 Å². The molecule has 0 radical (unpaired) electrons. The molecule has 2 fully saturated rings. The molecular formula is C32H30F2N6O3S. The summed E-state index contributed by atoms with van der Waals surface area (Å²) >= 11 is 1.75. The molecule has 4 heterocycles. The molecule has 44 heavy (non-hydrogen) atoms. The fraction of sp³-hybridized carbons (Fsp3) is 0.281. The van der Waals surface area contributed by atoms with Crippen molar-refractivity contribution in [3.8, 4) is 17.3 Å². The van der Waals surface area contributed by atoms with Gasteiger partial charge in [-0.2, -0.15) is 5.10 Å². The number of benzene rings is 2. The third-order valence-electron chi connectivity index (χ3n) is 8.02. The van der Waals surface area contributed by atoms with E-state index in [1.165, 1.54) is 34.8 Å². The molecule has 226 valence electrons. The molecule has 12 heteroatoms. The zero-order valence-electron chi connectivity index (χ0n) is 23.9. The summed E-state index contributed by atoms with van der Waals surface area (Å²) in [6.07, 6.45) is 7.22. The first-order valence-electron chi connectivity index (χ1n) is 14.5. The van der Waals surface area contributed by atoms with Crippen LogP contribution < -0.4 is 15.2 Å². The number of H-pyrrole nitrogens is 1. The topological polar surface area (TPSA) is 120 Å². The maximum Gasteiger partial charge on any atom is 0.219 e. The van der Waals surface area contributed by atoms with Crippen LogP contribution in [-0.4, -0.2) is 44.0 Å². The first-order chi connectivity index (χ1) is 21.4. The molecule has 7 rings (SSSR count). The van der Waals surface area contributed by atoms with Gasteiger partial charge in [-0.25, -0.2) is 18.4 Å². The van der Waals surface area contributed by atoms with E-state index >= 15 is 0 Å². The number of nitrogens with two attached hydrogens (primary N) is 1. The number of nitrogens with zero attached hydrogens (tertiary/aromatic N) is 3. The average molecular weight is 617 g/mol. The highest BCUT2D eigenvalue weighted by Crippen LogP contribution is 2.46. The highest BCUT2D eigenvalue weighted by Gasteiger charge is 2.28. The van der Waals surface area contributed by atoms with E-state index in [0.717, 1.165) is 67.6 Å². The number of aryl methyl sites for hydroxylation is 1. The SMILES string of the molecule is Cc1cc(Oc2c(F)cccc2F)ncc1-n1ncc(C(=O)c2cc3cc(C4CC4)c(NSC4CCOCC4)cc3[nH]2)c1N.